The van der Waals surface area contributed by atoms with E-state index < -0.39 is 0 Å². The van der Waals surface area contributed by atoms with Crippen LogP contribution in [0.1, 0.15) is 46.5 Å². The van der Waals surface area contributed by atoms with E-state index in [2.05, 4.69) is 53.2 Å². The standard InChI is InChI=1S/C20H41N5O/c1-6-20(7-2)17(16-18(20)26-8-3)23-19(21-4)22-10-13-25-12-9-11-24(5)14-15-25/h17-18H,6-16H2,1-5H3,(H2,21,22,23). The Kier molecular flexibility index (Phi) is 8.64. The van der Waals surface area contributed by atoms with Crippen molar-refractivity contribution in [3.05, 3.63) is 0 Å². The number of aliphatic imine (C=N–C) groups is 1. The lowest BCUT2D eigenvalue weighted by molar-refractivity contribution is -0.133. The second-order valence-electron chi connectivity index (χ2n) is 7.81. The molecule has 1 aliphatic heterocycles. The topological polar surface area (TPSA) is 52.1 Å². The Labute approximate surface area is 160 Å². The lowest BCUT2D eigenvalue weighted by atomic mass is 9.58. The molecule has 0 aromatic rings. The maximum absolute atomic E-state index is 5.99. The highest BCUT2D eigenvalue weighted by Gasteiger charge is 2.53. The zero-order valence-corrected chi connectivity index (χ0v) is 17.7. The fraction of sp³-hybridized carbons (Fsp3) is 0.950. The smallest absolute Gasteiger partial charge is 0.191 e. The molecule has 1 saturated carbocycles. The van der Waals surface area contributed by atoms with Gasteiger partial charge in [-0.05, 0) is 52.7 Å². The summed E-state index contributed by atoms with van der Waals surface area (Å²) in [6.45, 7) is 14.2. The van der Waals surface area contributed by atoms with Gasteiger partial charge in [0.05, 0.1) is 6.10 Å². The van der Waals surface area contributed by atoms with E-state index in [4.69, 9.17) is 4.74 Å². The van der Waals surface area contributed by atoms with Gasteiger partial charge in [0.15, 0.2) is 5.96 Å². The molecule has 0 amide bonds. The minimum atomic E-state index is 0.239. The summed E-state index contributed by atoms with van der Waals surface area (Å²) in [6, 6.07) is 0.451. The predicted octanol–water partition coefficient (Wildman–Crippen LogP) is 1.77. The summed E-state index contributed by atoms with van der Waals surface area (Å²) in [5.74, 6) is 0.933. The van der Waals surface area contributed by atoms with E-state index in [0.717, 1.165) is 51.5 Å². The highest BCUT2D eigenvalue weighted by Crippen LogP contribution is 2.48. The van der Waals surface area contributed by atoms with Crippen LogP contribution in [-0.4, -0.2) is 87.9 Å². The molecule has 26 heavy (non-hydrogen) atoms. The predicted molar refractivity (Wildman–Crippen MR) is 110 cm³/mol. The number of nitrogens with one attached hydrogen (secondary N) is 2. The number of hydrogen-bond acceptors (Lipinski definition) is 4. The summed E-state index contributed by atoms with van der Waals surface area (Å²) >= 11 is 0. The first-order valence-corrected chi connectivity index (χ1v) is 10.6. The average molecular weight is 368 g/mol. The number of hydrogen-bond donors (Lipinski definition) is 2. The molecule has 2 rings (SSSR count). The Hall–Kier alpha value is -0.850. The second kappa shape index (κ2) is 10.5. The van der Waals surface area contributed by atoms with Crippen molar-refractivity contribution >= 4 is 5.96 Å². The molecule has 2 atom stereocenters. The van der Waals surface area contributed by atoms with Crippen molar-refractivity contribution < 1.29 is 4.74 Å². The fourth-order valence-corrected chi connectivity index (χ4v) is 4.60. The Morgan fingerprint density at radius 2 is 1.92 bits per heavy atom. The highest BCUT2D eigenvalue weighted by atomic mass is 16.5. The summed E-state index contributed by atoms with van der Waals surface area (Å²) in [4.78, 5) is 9.44. The van der Waals surface area contributed by atoms with E-state index in [1.165, 1.54) is 26.1 Å². The van der Waals surface area contributed by atoms with Gasteiger partial charge in [-0.25, -0.2) is 0 Å². The third-order valence-electron chi connectivity index (χ3n) is 6.54. The van der Waals surface area contributed by atoms with E-state index in [1.807, 2.05) is 7.05 Å². The van der Waals surface area contributed by atoms with Crippen LogP contribution in [0, 0.1) is 5.41 Å². The lowest BCUT2D eigenvalue weighted by Gasteiger charge is -2.55. The number of nitrogens with zero attached hydrogens (tertiary/aromatic N) is 3. The zero-order chi connectivity index (χ0) is 19.0. The van der Waals surface area contributed by atoms with E-state index in [9.17, 15) is 0 Å². The minimum Gasteiger partial charge on any atom is -0.378 e. The average Bonchev–Trinajstić information content (AvgIpc) is 2.85. The fourth-order valence-electron chi connectivity index (χ4n) is 4.60. The van der Waals surface area contributed by atoms with E-state index in [-0.39, 0.29) is 5.41 Å². The second-order valence-corrected chi connectivity index (χ2v) is 7.81. The van der Waals surface area contributed by atoms with Gasteiger partial charge in [-0.3, -0.25) is 4.99 Å². The molecule has 6 heteroatoms. The molecule has 0 aromatic heterocycles. The van der Waals surface area contributed by atoms with Crippen molar-refractivity contribution in [3.63, 3.8) is 0 Å². The Balaban J connectivity index is 1.78. The number of guanidine groups is 1. The molecular formula is C20H41N5O. The van der Waals surface area contributed by atoms with Gasteiger partial charge in [0, 0.05) is 51.3 Å². The molecule has 2 N–H and O–H groups in total. The quantitative estimate of drug-likeness (QED) is 0.506. The lowest BCUT2D eigenvalue weighted by Crippen LogP contribution is -2.65. The van der Waals surface area contributed by atoms with Crippen molar-refractivity contribution in [2.24, 2.45) is 10.4 Å². The summed E-state index contributed by atoms with van der Waals surface area (Å²) in [5, 5.41) is 7.20. The van der Waals surface area contributed by atoms with Gasteiger partial charge in [0.25, 0.3) is 0 Å². The summed E-state index contributed by atoms with van der Waals surface area (Å²) in [6.07, 6.45) is 5.01. The van der Waals surface area contributed by atoms with Crippen LogP contribution in [0.15, 0.2) is 4.99 Å². The van der Waals surface area contributed by atoms with Gasteiger partial charge in [-0.15, -0.1) is 0 Å². The number of ether oxygens (including phenoxy) is 1. The van der Waals surface area contributed by atoms with Crippen molar-refractivity contribution in [2.75, 3.05) is 60.0 Å². The van der Waals surface area contributed by atoms with Crippen LogP contribution in [0.3, 0.4) is 0 Å². The highest BCUT2D eigenvalue weighted by molar-refractivity contribution is 5.80. The van der Waals surface area contributed by atoms with Crippen LogP contribution in [0.25, 0.3) is 0 Å². The molecule has 1 aliphatic carbocycles. The molecule has 1 saturated heterocycles. The first-order chi connectivity index (χ1) is 12.6. The third-order valence-corrected chi connectivity index (χ3v) is 6.54. The molecule has 0 spiro atoms. The molecule has 1 heterocycles. The van der Waals surface area contributed by atoms with Crippen molar-refractivity contribution in [1.82, 2.24) is 20.4 Å². The first kappa shape index (κ1) is 21.5. The Morgan fingerprint density at radius 1 is 1.15 bits per heavy atom. The van der Waals surface area contributed by atoms with Crippen LogP contribution in [0.4, 0.5) is 0 Å². The molecule has 0 aromatic carbocycles. The molecule has 0 radical (unpaired) electrons. The summed E-state index contributed by atoms with van der Waals surface area (Å²) in [5.41, 5.74) is 0.239. The Morgan fingerprint density at radius 3 is 2.58 bits per heavy atom. The summed E-state index contributed by atoms with van der Waals surface area (Å²) < 4.78 is 5.99. The largest absolute Gasteiger partial charge is 0.378 e. The van der Waals surface area contributed by atoms with Crippen molar-refractivity contribution in [2.45, 2.75) is 58.6 Å². The third kappa shape index (κ3) is 5.11. The summed E-state index contributed by atoms with van der Waals surface area (Å²) in [7, 11) is 4.09. The van der Waals surface area contributed by atoms with E-state index in [0.29, 0.717) is 12.1 Å². The van der Waals surface area contributed by atoms with Gasteiger partial charge in [0.1, 0.15) is 0 Å². The number of likely N-dealkylation sites (N-methyl/N-ethyl adjacent to an activating group) is 1. The maximum Gasteiger partial charge on any atom is 0.191 e. The van der Waals surface area contributed by atoms with Gasteiger partial charge < -0.3 is 25.2 Å². The van der Waals surface area contributed by atoms with Crippen LogP contribution in [0.2, 0.25) is 0 Å². The van der Waals surface area contributed by atoms with Crippen LogP contribution in [0.5, 0.6) is 0 Å². The monoisotopic (exact) mass is 367 g/mol. The normalized spacial score (nSPS) is 27.7. The molecule has 2 fully saturated rings. The van der Waals surface area contributed by atoms with Gasteiger partial charge in [0.2, 0.25) is 0 Å². The number of rotatable bonds is 8. The Bertz CT molecular complexity index is 438. The van der Waals surface area contributed by atoms with Gasteiger partial charge in [-0.1, -0.05) is 13.8 Å². The molecule has 0 bridgehead atoms. The first-order valence-electron chi connectivity index (χ1n) is 10.6. The van der Waals surface area contributed by atoms with Crippen LogP contribution in [-0.2, 0) is 4.74 Å². The SMILES string of the molecule is CCOC1CC(NC(=NC)NCCN2CCCN(C)CC2)C1(CC)CC. The van der Waals surface area contributed by atoms with Crippen LogP contribution < -0.4 is 10.6 Å². The van der Waals surface area contributed by atoms with E-state index in [1.54, 1.807) is 0 Å². The molecule has 152 valence electrons. The molecular weight excluding hydrogens is 326 g/mol. The molecule has 2 unspecified atom stereocenters. The molecule has 2 aliphatic rings. The van der Waals surface area contributed by atoms with Crippen molar-refractivity contribution in [1.29, 1.82) is 0 Å². The minimum absolute atomic E-state index is 0.239. The van der Waals surface area contributed by atoms with Gasteiger partial charge >= 0.3 is 0 Å². The van der Waals surface area contributed by atoms with E-state index >= 15 is 0 Å². The molecule has 6 nitrogen and oxygen atoms in total. The maximum atomic E-state index is 5.99. The van der Waals surface area contributed by atoms with Crippen LogP contribution >= 0.6 is 0 Å². The van der Waals surface area contributed by atoms with Crippen molar-refractivity contribution in [3.8, 4) is 0 Å². The zero-order valence-electron chi connectivity index (χ0n) is 17.7. The van der Waals surface area contributed by atoms with Gasteiger partial charge in [-0.2, -0.15) is 0 Å².